The second kappa shape index (κ2) is 46.5. The lowest BCUT2D eigenvalue weighted by Crippen LogP contribution is -2.11. The number of phenols is 6. The monoisotopic (exact) mass is 2510 g/mol. The molecule has 688 valence electrons. The Hall–Kier alpha value is -7.22. The fourth-order valence-corrected chi connectivity index (χ4v) is 19.2. The summed E-state index contributed by atoms with van der Waals surface area (Å²) >= 11 is 69.6. The SMILES string of the molecule is COc1c(C)cc(F)cc1C(=O)c1c(Br)c(Br)c(Br)n1C.Cc1cc(Cl)cc(C(=O)C2=C(Br)C(Br)=C(F)C2)c1O.Cc1cc(Cl)cc(C(=O)C2=CC(Br)=C(F)C2)c1O.Cc1cc(Cl)cc(C(=O)C2=CC(Cl)=C(F)C2)c1O.Cc1cc(F)cc(C(=O)C2=C(Br)C(Br)=C(Br)C2)c1O.Cc1cc(F)cc(C(=O)C2=CC(Cl)=C(Cl)C2)c1O.Cc1cc(F)cc(C(=O)C2=CC(Cl)=C(F)C2)c1O. The van der Waals surface area contributed by atoms with Gasteiger partial charge in [0.1, 0.15) is 97.1 Å². The molecule has 0 radical (unpaired) electrons. The lowest BCUT2D eigenvalue weighted by atomic mass is 9.99. The number of carbonyl (C=O) groups excluding carboxylic acids is 7. The number of carbonyl (C=O) groups is 7. The molecule has 8 aromatic rings. The van der Waals surface area contributed by atoms with Crippen molar-refractivity contribution in [1.82, 2.24) is 4.57 Å². The van der Waals surface area contributed by atoms with Crippen LogP contribution >= 0.6 is 225 Å². The first kappa shape index (κ1) is 109. The van der Waals surface area contributed by atoms with E-state index in [1.54, 1.807) is 64.4 Å². The van der Waals surface area contributed by atoms with Crippen molar-refractivity contribution in [3.63, 3.8) is 0 Å². The van der Waals surface area contributed by atoms with Gasteiger partial charge in [-0.1, -0.05) is 97.1 Å². The molecular formula is C92H63Br9Cl7F8NO14. The number of methoxy groups -OCH3 is 1. The zero-order valence-electron chi connectivity index (χ0n) is 68.6. The highest BCUT2D eigenvalue weighted by Crippen LogP contribution is 2.48. The highest BCUT2D eigenvalue weighted by atomic mass is 79.9. The number of ketones is 7. The molecule has 1 aromatic heterocycles. The molecule has 0 bridgehead atoms. The van der Waals surface area contributed by atoms with Crippen LogP contribution in [0.2, 0.25) is 15.1 Å². The number of ether oxygens (including phenoxy) is 1. The summed E-state index contributed by atoms with van der Waals surface area (Å²) < 4.78 is 119. The van der Waals surface area contributed by atoms with E-state index in [0.717, 1.165) is 43.8 Å². The molecule has 0 fully saturated rings. The van der Waals surface area contributed by atoms with E-state index in [-0.39, 0.29) is 158 Å². The van der Waals surface area contributed by atoms with Gasteiger partial charge in [-0.25, -0.2) is 35.1 Å². The van der Waals surface area contributed by atoms with Crippen LogP contribution in [0.5, 0.6) is 40.2 Å². The van der Waals surface area contributed by atoms with Crippen molar-refractivity contribution < 1.29 is 104 Å². The number of hydrogen-bond acceptors (Lipinski definition) is 14. The van der Waals surface area contributed by atoms with Gasteiger partial charge in [-0.3, -0.25) is 33.6 Å². The van der Waals surface area contributed by atoms with Crippen LogP contribution in [0, 0.1) is 71.7 Å². The number of aromatic hydroxyl groups is 6. The molecule has 0 atom stereocenters. The number of aryl methyl sites for hydroxylation is 7. The number of benzene rings is 7. The number of nitrogens with zero attached hydrogens (tertiary/aromatic N) is 1. The molecule has 0 spiro atoms. The first-order valence-corrected chi connectivity index (χ1v) is 47.0. The second-order valence-electron chi connectivity index (χ2n) is 28.9. The molecule has 0 aliphatic heterocycles. The van der Waals surface area contributed by atoms with Crippen LogP contribution in [0.1, 0.15) is 156 Å². The van der Waals surface area contributed by atoms with Gasteiger partial charge < -0.3 is 39.9 Å². The lowest BCUT2D eigenvalue weighted by molar-refractivity contribution is 0.101. The van der Waals surface area contributed by atoms with Gasteiger partial charge in [-0.05, 0) is 324 Å². The zero-order chi connectivity index (χ0) is 98.3. The lowest BCUT2D eigenvalue weighted by Gasteiger charge is -2.12. The third-order valence-corrected chi connectivity index (χ3v) is 31.5. The summed E-state index contributed by atoms with van der Waals surface area (Å²) in [6, 6.07) is 17.8. The second-order valence-corrected chi connectivity index (χ2v) is 39.2. The molecular weight excluding hydrogens is 2460 g/mol. The first-order chi connectivity index (χ1) is 61.0. The minimum Gasteiger partial charge on any atom is -0.507 e. The predicted molar refractivity (Wildman–Crippen MR) is 525 cm³/mol. The van der Waals surface area contributed by atoms with Gasteiger partial charge in [0, 0.05) is 122 Å². The molecule has 15 nitrogen and oxygen atoms in total. The Morgan fingerprint density at radius 3 is 0.931 bits per heavy atom. The van der Waals surface area contributed by atoms with Crippen molar-refractivity contribution in [2.45, 2.75) is 87.0 Å². The van der Waals surface area contributed by atoms with Crippen LogP contribution in [-0.4, -0.2) is 82.8 Å². The zero-order valence-corrected chi connectivity index (χ0v) is 88.2. The molecule has 7 aromatic carbocycles. The minimum absolute atomic E-state index is 0.0213. The molecule has 6 aliphatic carbocycles. The standard InChI is InChI=1S/C14H11Br3FNO2.C13H8Br3FO2.C13H8Br2ClFO2.C13H9BrClFO2.2C13H9Cl2FO2.C13H9ClF2O2/c1-6-4-7(18)5-8(13(6)21-3)12(20)11-9(15)10(16)14(17)19(11)2;1-5-2-6(17)3-8(12(5)18)13(19)7-4-9(14)11(16)10(7)15;1-5-2-6(16)3-8(12(5)18)13(19)7-4-9(17)11(15)10(7)14;1-6-2-8(15)5-9(12(6)17)13(18)7-3-10(14)11(16)4-7;1-6-2-8(16)5-9(12(6)17)13(18)7-3-10(14)11(15)4-7;1-6-2-8(14)5-9(12(6)17)13(18)7-3-10(15)11(16)4-7;1-6-2-8(15)5-9(12(6)17)13(18)7-3-10(14)11(16)4-7/h4-5H,1-3H3;2*2-3,18H,4H2,1H3;4*2-3,5,17H,4H2,1H3. The van der Waals surface area contributed by atoms with Gasteiger partial charge in [-0.15, -0.1) is 0 Å². The van der Waals surface area contributed by atoms with Crippen LogP contribution in [0.15, 0.2) is 227 Å². The van der Waals surface area contributed by atoms with Crippen molar-refractivity contribution >= 4 is 265 Å². The molecule has 6 N–H and O–H groups in total. The Labute approximate surface area is 854 Å². The van der Waals surface area contributed by atoms with E-state index < -0.39 is 81.3 Å². The van der Waals surface area contributed by atoms with Crippen molar-refractivity contribution in [3.05, 3.63) is 348 Å². The minimum atomic E-state index is -0.633. The molecule has 6 aliphatic rings. The predicted octanol–water partition coefficient (Wildman–Crippen LogP) is 31.8. The number of rotatable bonds is 15. The molecule has 1 heterocycles. The van der Waals surface area contributed by atoms with Gasteiger partial charge in [0.2, 0.25) is 5.78 Å². The van der Waals surface area contributed by atoms with Crippen LogP contribution < -0.4 is 4.74 Å². The van der Waals surface area contributed by atoms with Crippen molar-refractivity contribution in [2.24, 2.45) is 7.05 Å². The summed E-state index contributed by atoms with van der Waals surface area (Å²) in [5.74, 6) is -8.04. The van der Waals surface area contributed by atoms with Crippen molar-refractivity contribution in [1.29, 1.82) is 0 Å². The van der Waals surface area contributed by atoms with E-state index in [4.69, 9.17) is 85.9 Å². The molecule has 0 unspecified atom stereocenters. The Morgan fingerprint density at radius 2 is 0.634 bits per heavy atom. The van der Waals surface area contributed by atoms with E-state index in [1.165, 1.54) is 81.7 Å². The summed E-state index contributed by atoms with van der Waals surface area (Å²) in [5, 5.41) is 60.6. The van der Waals surface area contributed by atoms with Crippen LogP contribution in [0.4, 0.5) is 35.1 Å². The summed E-state index contributed by atoms with van der Waals surface area (Å²) in [6.07, 6.45) is 5.38. The third kappa shape index (κ3) is 25.9. The highest BCUT2D eigenvalue weighted by molar-refractivity contribution is 9.16. The Balaban J connectivity index is 0.000000189. The van der Waals surface area contributed by atoms with Crippen molar-refractivity contribution in [2.75, 3.05) is 7.11 Å². The molecule has 39 heteroatoms. The van der Waals surface area contributed by atoms with Gasteiger partial charge in [0.05, 0.1) is 74.6 Å². The smallest absolute Gasteiger partial charge is 0.214 e. The number of hydrogen-bond donors (Lipinski definition) is 6. The third-order valence-electron chi connectivity index (χ3n) is 19.6. The highest BCUT2D eigenvalue weighted by Gasteiger charge is 2.34. The van der Waals surface area contributed by atoms with Crippen LogP contribution in [-0.2, 0) is 7.05 Å². The maximum atomic E-state index is 13.7. The normalized spacial score (nSPS) is 14.5. The van der Waals surface area contributed by atoms with Gasteiger partial charge in [0.15, 0.2) is 34.7 Å². The van der Waals surface area contributed by atoms with Crippen LogP contribution in [0.25, 0.3) is 0 Å². The maximum Gasteiger partial charge on any atom is 0.214 e. The summed E-state index contributed by atoms with van der Waals surface area (Å²) in [6.45, 7) is 11.2. The largest absolute Gasteiger partial charge is 0.507 e. The number of aromatic nitrogens is 1. The number of allylic oxidation sites excluding steroid dienone is 24. The van der Waals surface area contributed by atoms with Gasteiger partial charge >= 0.3 is 0 Å². The molecule has 131 heavy (non-hydrogen) atoms. The average Bonchev–Trinajstić information content (AvgIpc) is 1.64. The molecule has 0 amide bonds. The van der Waals surface area contributed by atoms with E-state index >= 15 is 0 Å². The average molecular weight is 2530 g/mol. The van der Waals surface area contributed by atoms with Gasteiger partial charge in [-0.2, -0.15) is 0 Å². The Kier molecular flexibility index (Phi) is 38.8. The fourth-order valence-electron chi connectivity index (χ4n) is 12.8. The molecule has 14 rings (SSSR count). The number of Topliss-reactive ketones (excluding diaryl/α,β-unsaturated/α-hetero) is 6. The van der Waals surface area contributed by atoms with E-state index in [9.17, 15) is 99.3 Å². The molecule has 0 saturated carbocycles. The van der Waals surface area contributed by atoms with E-state index in [1.807, 2.05) is 0 Å². The van der Waals surface area contributed by atoms with Gasteiger partial charge in [0.25, 0.3) is 0 Å². The Morgan fingerprint density at radius 1 is 0.328 bits per heavy atom. The van der Waals surface area contributed by atoms with Crippen molar-refractivity contribution in [3.8, 4) is 40.2 Å². The van der Waals surface area contributed by atoms with E-state index in [0.29, 0.717) is 106 Å². The van der Waals surface area contributed by atoms with E-state index in [2.05, 4.69) is 143 Å². The summed E-state index contributed by atoms with van der Waals surface area (Å²) in [5.41, 5.74) is 5.16. The Bertz CT molecular complexity index is 6100. The summed E-state index contributed by atoms with van der Waals surface area (Å²) in [7, 11) is 3.20. The summed E-state index contributed by atoms with van der Waals surface area (Å²) in [4.78, 5) is 86.0. The van der Waals surface area contributed by atoms with Crippen LogP contribution in [0.3, 0.4) is 0 Å². The number of halogens is 24. The molecule has 0 saturated heterocycles. The quantitative estimate of drug-likeness (QED) is 0.0412. The number of phenolic OH excluding ortho intramolecular Hbond substituents is 6. The first-order valence-electron chi connectivity index (χ1n) is 37.2. The maximum absolute atomic E-state index is 13.7. The topological polar surface area (TPSA) is 255 Å². The fraction of sp³-hybridized carbons (Fsp3) is 0.163.